The summed E-state index contributed by atoms with van der Waals surface area (Å²) < 4.78 is 0. The lowest BCUT2D eigenvalue weighted by molar-refractivity contribution is -0.384. The molecule has 0 saturated carbocycles. The van der Waals surface area contributed by atoms with Gasteiger partial charge in [0.2, 0.25) is 5.91 Å². The van der Waals surface area contributed by atoms with Crippen molar-refractivity contribution in [1.82, 2.24) is 10.2 Å². The molecular weight excluding hydrogens is 372 g/mol. The second-order valence-corrected chi connectivity index (χ2v) is 8.05. The van der Waals surface area contributed by atoms with E-state index in [1.54, 1.807) is 4.90 Å². The number of nitrogens with two attached hydrogens (primary N) is 1. The Hall–Kier alpha value is -2.19. The van der Waals surface area contributed by atoms with E-state index in [2.05, 4.69) is 5.32 Å². The van der Waals surface area contributed by atoms with Crippen LogP contribution >= 0.6 is 11.6 Å². The third-order valence-corrected chi connectivity index (χ3v) is 5.30. The first-order valence-corrected chi connectivity index (χ1v) is 9.19. The number of hydrogen-bond donors (Lipinski definition) is 2. The van der Waals surface area contributed by atoms with E-state index >= 15 is 0 Å². The van der Waals surface area contributed by atoms with Crippen LogP contribution in [0.3, 0.4) is 0 Å². The van der Waals surface area contributed by atoms with Crippen molar-refractivity contribution in [3.8, 4) is 0 Å². The minimum absolute atomic E-state index is 0.0338. The van der Waals surface area contributed by atoms with Crippen molar-refractivity contribution >= 4 is 29.1 Å². The average molecular weight is 397 g/mol. The number of nitrogens with zero attached hydrogens (tertiary/aromatic N) is 2. The smallest absolute Gasteiger partial charge is 0.270 e. The highest BCUT2D eigenvalue weighted by Gasteiger charge is 2.38. The Labute approximate surface area is 163 Å². The third-order valence-electron chi connectivity index (χ3n) is 4.99. The van der Waals surface area contributed by atoms with Gasteiger partial charge in [-0.1, -0.05) is 32.4 Å². The quantitative estimate of drug-likeness (QED) is 0.564. The number of carbonyl (C=O) groups excluding carboxylic acids is 2. The van der Waals surface area contributed by atoms with Gasteiger partial charge in [-0.2, -0.15) is 0 Å². The Morgan fingerprint density at radius 2 is 2.11 bits per heavy atom. The fourth-order valence-corrected chi connectivity index (χ4v) is 3.37. The van der Waals surface area contributed by atoms with Crippen molar-refractivity contribution in [3.63, 3.8) is 0 Å². The molecule has 3 N–H and O–H groups in total. The van der Waals surface area contributed by atoms with Gasteiger partial charge in [-0.05, 0) is 30.4 Å². The largest absolute Gasteiger partial charge is 0.340 e. The summed E-state index contributed by atoms with van der Waals surface area (Å²) in [7, 11) is 0. The molecule has 8 nitrogen and oxygen atoms in total. The standard InChI is InChI=1S/C18H25ClN4O4/c1-11(2)15(17(25)22-7-6-18(3,9-20)10-22)21-16(24)13-5-4-12(23(26)27)8-14(13)19/h4-5,8,11,15H,6-7,9-10,20H2,1-3H3,(H,21,24). The molecule has 148 valence electrons. The number of nitro benzene ring substituents is 1. The number of nitro groups is 1. The molecule has 0 aromatic heterocycles. The van der Waals surface area contributed by atoms with Crippen molar-refractivity contribution in [2.24, 2.45) is 17.1 Å². The maximum atomic E-state index is 12.9. The minimum atomic E-state index is -0.719. The van der Waals surface area contributed by atoms with E-state index in [0.29, 0.717) is 19.6 Å². The summed E-state index contributed by atoms with van der Waals surface area (Å²) in [5.41, 5.74) is 5.58. The number of halogens is 1. The van der Waals surface area contributed by atoms with Crippen LogP contribution in [0.2, 0.25) is 5.02 Å². The number of amides is 2. The highest BCUT2D eigenvalue weighted by molar-refractivity contribution is 6.34. The molecular formula is C18H25ClN4O4. The number of likely N-dealkylation sites (tertiary alicyclic amines) is 1. The number of hydrogen-bond acceptors (Lipinski definition) is 5. The summed E-state index contributed by atoms with van der Waals surface area (Å²) in [4.78, 5) is 37.5. The van der Waals surface area contributed by atoms with Gasteiger partial charge in [-0.3, -0.25) is 19.7 Å². The van der Waals surface area contributed by atoms with Gasteiger partial charge < -0.3 is 16.0 Å². The Balaban J connectivity index is 2.15. The van der Waals surface area contributed by atoms with Crippen molar-refractivity contribution < 1.29 is 14.5 Å². The average Bonchev–Trinajstić information content (AvgIpc) is 3.01. The van der Waals surface area contributed by atoms with Crippen LogP contribution in [-0.4, -0.2) is 47.3 Å². The van der Waals surface area contributed by atoms with Gasteiger partial charge >= 0.3 is 0 Å². The SMILES string of the molecule is CC(C)C(NC(=O)c1ccc([N+](=O)[O-])cc1Cl)C(=O)N1CCC(C)(CN)C1. The molecule has 0 radical (unpaired) electrons. The monoisotopic (exact) mass is 396 g/mol. The van der Waals surface area contributed by atoms with Crippen molar-refractivity contribution in [1.29, 1.82) is 0 Å². The van der Waals surface area contributed by atoms with Gasteiger partial charge in [0.1, 0.15) is 6.04 Å². The molecule has 9 heteroatoms. The Bertz CT molecular complexity index is 755. The summed E-state index contributed by atoms with van der Waals surface area (Å²) in [6.45, 7) is 7.38. The normalized spacial score (nSPS) is 20.6. The first-order valence-electron chi connectivity index (χ1n) is 8.81. The fourth-order valence-electron chi connectivity index (χ4n) is 3.11. The van der Waals surface area contributed by atoms with Crippen LogP contribution in [0, 0.1) is 21.4 Å². The molecule has 1 fully saturated rings. The third kappa shape index (κ3) is 4.75. The predicted octanol–water partition coefficient (Wildman–Crippen LogP) is 2.20. The molecule has 2 amide bonds. The molecule has 1 aromatic rings. The number of non-ortho nitro benzene ring substituents is 1. The zero-order valence-corrected chi connectivity index (χ0v) is 16.5. The molecule has 1 aliphatic rings. The predicted molar refractivity (Wildman–Crippen MR) is 103 cm³/mol. The van der Waals surface area contributed by atoms with Crippen molar-refractivity contribution in [2.45, 2.75) is 33.2 Å². The zero-order chi connectivity index (χ0) is 20.4. The van der Waals surface area contributed by atoms with Crippen LogP contribution in [-0.2, 0) is 4.79 Å². The van der Waals surface area contributed by atoms with Gasteiger partial charge in [0.05, 0.1) is 15.5 Å². The van der Waals surface area contributed by atoms with Crippen molar-refractivity contribution in [2.75, 3.05) is 19.6 Å². The van der Waals surface area contributed by atoms with Gasteiger partial charge in [0.15, 0.2) is 0 Å². The summed E-state index contributed by atoms with van der Waals surface area (Å²) in [5, 5.41) is 13.5. The number of rotatable bonds is 6. The number of nitrogens with one attached hydrogen (secondary N) is 1. The molecule has 0 bridgehead atoms. The van der Waals surface area contributed by atoms with Gasteiger partial charge in [-0.25, -0.2) is 0 Å². The summed E-state index contributed by atoms with van der Waals surface area (Å²) in [6.07, 6.45) is 0.822. The molecule has 1 aliphatic heterocycles. The van der Waals surface area contributed by atoms with Crippen molar-refractivity contribution in [3.05, 3.63) is 38.9 Å². The molecule has 27 heavy (non-hydrogen) atoms. The van der Waals surface area contributed by atoms with E-state index < -0.39 is 16.9 Å². The van der Waals surface area contributed by atoms with Crippen LogP contribution in [0.4, 0.5) is 5.69 Å². The van der Waals surface area contributed by atoms with E-state index in [4.69, 9.17) is 17.3 Å². The molecule has 0 spiro atoms. The second kappa shape index (κ2) is 8.22. The van der Waals surface area contributed by atoms with Crippen LogP contribution in [0.15, 0.2) is 18.2 Å². The fraction of sp³-hybridized carbons (Fsp3) is 0.556. The molecule has 2 rings (SSSR count). The van der Waals surface area contributed by atoms with E-state index in [-0.39, 0.29) is 33.5 Å². The molecule has 1 heterocycles. The highest BCUT2D eigenvalue weighted by Crippen LogP contribution is 2.29. The summed E-state index contributed by atoms with van der Waals surface area (Å²) in [6, 6.07) is 2.90. The first-order chi connectivity index (χ1) is 12.6. The lowest BCUT2D eigenvalue weighted by Crippen LogP contribution is -2.51. The van der Waals surface area contributed by atoms with Gasteiger partial charge in [0, 0.05) is 25.2 Å². The zero-order valence-electron chi connectivity index (χ0n) is 15.7. The number of carbonyl (C=O) groups is 2. The van der Waals surface area contributed by atoms with Gasteiger partial charge in [0.25, 0.3) is 11.6 Å². The molecule has 1 saturated heterocycles. The van der Waals surface area contributed by atoms with Crippen LogP contribution in [0.5, 0.6) is 0 Å². The number of benzene rings is 1. The summed E-state index contributed by atoms with van der Waals surface area (Å²) in [5.74, 6) is -0.834. The lowest BCUT2D eigenvalue weighted by atomic mass is 9.90. The Morgan fingerprint density at radius 1 is 1.44 bits per heavy atom. The minimum Gasteiger partial charge on any atom is -0.340 e. The van der Waals surface area contributed by atoms with Crippen LogP contribution < -0.4 is 11.1 Å². The van der Waals surface area contributed by atoms with E-state index in [9.17, 15) is 19.7 Å². The molecule has 2 unspecified atom stereocenters. The highest BCUT2D eigenvalue weighted by atomic mass is 35.5. The molecule has 0 aliphatic carbocycles. The molecule has 2 atom stereocenters. The topological polar surface area (TPSA) is 119 Å². The summed E-state index contributed by atoms with van der Waals surface area (Å²) >= 11 is 6.02. The maximum absolute atomic E-state index is 12.9. The Morgan fingerprint density at radius 3 is 2.59 bits per heavy atom. The van der Waals surface area contributed by atoms with Gasteiger partial charge in [-0.15, -0.1) is 0 Å². The lowest BCUT2D eigenvalue weighted by Gasteiger charge is -2.28. The van der Waals surface area contributed by atoms with Crippen LogP contribution in [0.1, 0.15) is 37.6 Å². The molecule has 1 aromatic carbocycles. The second-order valence-electron chi connectivity index (χ2n) is 7.64. The van der Waals surface area contributed by atoms with E-state index in [1.165, 1.54) is 12.1 Å². The maximum Gasteiger partial charge on any atom is 0.270 e. The van der Waals surface area contributed by atoms with E-state index in [1.807, 2.05) is 20.8 Å². The Kier molecular flexibility index (Phi) is 6.43. The first kappa shape index (κ1) is 21.1. The van der Waals surface area contributed by atoms with E-state index in [0.717, 1.165) is 12.5 Å². The van der Waals surface area contributed by atoms with Crippen LogP contribution in [0.25, 0.3) is 0 Å².